The molecule has 0 radical (unpaired) electrons. The van der Waals surface area contributed by atoms with Crippen LogP contribution in [-0.4, -0.2) is 12.9 Å². The molecule has 0 aliphatic carbocycles. The molecule has 21 heavy (non-hydrogen) atoms. The number of nitrogen functional groups attached to an aromatic ring is 1. The van der Waals surface area contributed by atoms with Gasteiger partial charge in [0, 0.05) is 6.07 Å². The summed E-state index contributed by atoms with van der Waals surface area (Å²) in [6, 6.07) is 9.47. The van der Waals surface area contributed by atoms with Crippen molar-refractivity contribution >= 4 is 21.8 Å². The molecule has 0 aliphatic rings. The summed E-state index contributed by atoms with van der Waals surface area (Å²) in [5.41, 5.74) is 6.81. The fraction of sp³-hybridized carbons (Fsp3) is 0.133. The Hall–Kier alpha value is -2.08. The number of amidine groups is 1. The summed E-state index contributed by atoms with van der Waals surface area (Å²) in [6.07, 6.45) is 0. The van der Waals surface area contributed by atoms with Crippen LogP contribution in [0.2, 0.25) is 0 Å². The van der Waals surface area contributed by atoms with Gasteiger partial charge in [-0.3, -0.25) is 5.41 Å². The number of nitrogens with two attached hydrogens (primary N) is 1. The van der Waals surface area contributed by atoms with Crippen LogP contribution in [0.25, 0.3) is 0 Å². The van der Waals surface area contributed by atoms with Gasteiger partial charge in [0.15, 0.2) is 0 Å². The summed E-state index contributed by atoms with van der Waals surface area (Å²) in [5.74, 6) is 0.497. The molecule has 6 heteroatoms. The van der Waals surface area contributed by atoms with E-state index < -0.39 is 0 Å². The maximum absolute atomic E-state index is 13.2. The number of methoxy groups -OCH3 is 1. The van der Waals surface area contributed by atoms with Crippen LogP contribution < -0.4 is 15.2 Å². The van der Waals surface area contributed by atoms with Gasteiger partial charge >= 0.3 is 0 Å². The molecule has 0 fully saturated rings. The van der Waals surface area contributed by atoms with Gasteiger partial charge < -0.3 is 15.2 Å². The third-order valence-electron chi connectivity index (χ3n) is 2.84. The standard InChI is InChI=1S/C15H14BrFN2O2/c1-20-13-6-9(2-4-11(13)15(18)19)8-21-14-7-10(17)3-5-12(14)16/h2-7H,8H2,1H3,(H3,18,19). The number of nitrogens with one attached hydrogen (secondary N) is 1. The molecule has 2 aromatic rings. The minimum absolute atomic E-state index is 0.0628. The smallest absolute Gasteiger partial charge is 0.136 e. The van der Waals surface area contributed by atoms with Crippen molar-refractivity contribution in [1.82, 2.24) is 0 Å². The fourth-order valence-corrected chi connectivity index (χ4v) is 2.16. The molecule has 3 N–H and O–H groups in total. The first-order valence-electron chi connectivity index (χ1n) is 6.10. The molecule has 0 aromatic heterocycles. The summed E-state index contributed by atoms with van der Waals surface area (Å²) in [4.78, 5) is 0. The monoisotopic (exact) mass is 352 g/mol. The first kappa shape index (κ1) is 15.3. The highest BCUT2D eigenvalue weighted by Crippen LogP contribution is 2.27. The lowest BCUT2D eigenvalue weighted by molar-refractivity contribution is 0.301. The van der Waals surface area contributed by atoms with Gasteiger partial charge in [-0.2, -0.15) is 0 Å². The molecule has 0 saturated carbocycles. The van der Waals surface area contributed by atoms with Crippen molar-refractivity contribution in [2.45, 2.75) is 6.61 Å². The molecule has 0 saturated heterocycles. The summed E-state index contributed by atoms with van der Waals surface area (Å²) in [7, 11) is 1.51. The number of halogens is 2. The van der Waals surface area contributed by atoms with Gasteiger partial charge in [-0.1, -0.05) is 6.07 Å². The first-order chi connectivity index (χ1) is 10.0. The normalized spacial score (nSPS) is 10.2. The number of ether oxygens (including phenoxy) is 2. The second-order valence-electron chi connectivity index (χ2n) is 4.31. The number of benzene rings is 2. The van der Waals surface area contributed by atoms with Gasteiger partial charge in [-0.25, -0.2) is 4.39 Å². The van der Waals surface area contributed by atoms with Gasteiger partial charge in [-0.15, -0.1) is 0 Å². The van der Waals surface area contributed by atoms with Crippen molar-refractivity contribution in [3.63, 3.8) is 0 Å². The van der Waals surface area contributed by atoms with Gasteiger partial charge in [0.1, 0.15) is 29.8 Å². The molecule has 0 unspecified atom stereocenters. The quantitative estimate of drug-likeness (QED) is 0.639. The van der Waals surface area contributed by atoms with Crippen LogP contribution in [0.1, 0.15) is 11.1 Å². The average molecular weight is 353 g/mol. The van der Waals surface area contributed by atoms with E-state index in [1.165, 1.54) is 19.2 Å². The zero-order chi connectivity index (χ0) is 15.4. The third-order valence-corrected chi connectivity index (χ3v) is 3.50. The summed E-state index contributed by atoms with van der Waals surface area (Å²) < 4.78 is 24.6. The van der Waals surface area contributed by atoms with Gasteiger partial charge in [0.2, 0.25) is 0 Å². The van der Waals surface area contributed by atoms with Gasteiger partial charge in [-0.05, 0) is 45.8 Å². The molecule has 0 aliphatic heterocycles. The minimum atomic E-state index is -0.363. The second kappa shape index (κ2) is 6.58. The van der Waals surface area contributed by atoms with Crippen LogP contribution in [0.5, 0.6) is 11.5 Å². The number of hydrogen-bond acceptors (Lipinski definition) is 3. The Morgan fingerprint density at radius 2 is 2.00 bits per heavy atom. The van der Waals surface area contributed by atoms with Crippen molar-refractivity contribution in [2.75, 3.05) is 7.11 Å². The van der Waals surface area contributed by atoms with Gasteiger partial charge in [0.05, 0.1) is 17.1 Å². The molecule has 2 rings (SSSR count). The van der Waals surface area contributed by atoms with Crippen molar-refractivity contribution in [2.24, 2.45) is 5.73 Å². The molecule has 0 atom stereocenters. The Labute approximate surface area is 130 Å². The Morgan fingerprint density at radius 1 is 1.24 bits per heavy atom. The molecule has 0 spiro atoms. The van der Waals surface area contributed by atoms with E-state index in [-0.39, 0.29) is 18.3 Å². The Morgan fingerprint density at radius 3 is 2.67 bits per heavy atom. The number of hydrogen-bond donors (Lipinski definition) is 2. The first-order valence-corrected chi connectivity index (χ1v) is 6.89. The van der Waals surface area contributed by atoms with E-state index in [1.807, 2.05) is 0 Å². The molecule has 0 amide bonds. The maximum atomic E-state index is 13.2. The highest BCUT2D eigenvalue weighted by atomic mass is 79.9. The van der Waals surface area contributed by atoms with Gasteiger partial charge in [0.25, 0.3) is 0 Å². The Bertz CT molecular complexity index is 677. The van der Waals surface area contributed by atoms with Crippen molar-refractivity contribution in [1.29, 1.82) is 5.41 Å². The fourth-order valence-electron chi connectivity index (χ4n) is 1.80. The Kier molecular flexibility index (Phi) is 4.80. The van der Waals surface area contributed by atoms with E-state index in [9.17, 15) is 4.39 Å². The molecule has 2 aromatic carbocycles. The zero-order valence-corrected chi connectivity index (χ0v) is 12.9. The van der Waals surface area contributed by atoms with E-state index in [0.29, 0.717) is 21.5 Å². The lowest BCUT2D eigenvalue weighted by Crippen LogP contribution is -2.12. The zero-order valence-electron chi connectivity index (χ0n) is 11.3. The molecular weight excluding hydrogens is 339 g/mol. The molecule has 0 heterocycles. The highest BCUT2D eigenvalue weighted by Gasteiger charge is 2.08. The van der Waals surface area contributed by atoms with Crippen LogP contribution in [0.15, 0.2) is 40.9 Å². The molecule has 4 nitrogen and oxygen atoms in total. The number of rotatable bonds is 5. The van der Waals surface area contributed by atoms with Crippen molar-refractivity contribution in [3.05, 3.63) is 57.8 Å². The van der Waals surface area contributed by atoms with E-state index in [4.69, 9.17) is 20.6 Å². The third kappa shape index (κ3) is 3.72. The molecule has 0 bridgehead atoms. The highest BCUT2D eigenvalue weighted by molar-refractivity contribution is 9.10. The predicted octanol–water partition coefficient (Wildman–Crippen LogP) is 3.46. The van der Waals surface area contributed by atoms with E-state index in [0.717, 1.165) is 5.56 Å². The molecular formula is C15H14BrFN2O2. The van der Waals surface area contributed by atoms with Crippen molar-refractivity contribution in [3.8, 4) is 11.5 Å². The lowest BCUT2D eigenvalue weighted by atomic mass is 10.1. The van der Waals surface area contributed by atoms with Crippen LogP contribution in [0.4, 0.5) is 4.39 Å². The van der Waals surface area contributed by atoms with E-state index >= 15 is 0 Å². The summed E-state index contributed by atoms with van der Waals surface area (Å²) >= 11 is 3.30. The van der Waals surface area contributed by atoms with Crippen molar-refractivity contribution < 1.29 is 13.9 Å². The van der Waals surface area contributed by atoms with E-state index in [1.54, 1.807) is 24.3 Å². The average Bonchev–Trinajstić information content (AvgIpc) is 2.47. The van der Waals surface area contributed by atoms with Crippen LogP contribution in [0, 0.1) is 11.2 Å². The summed E-state index contributed by atoms with van der Waals surface area (Å²) in [5, 5.41) is 7.46. The maximum Gasteiger partial charge on any atom is 0.136 e. The van der Waals surface area contributed by atoms with Crippen LogP contribution in [0.3, 0.4) is 0 Å². The van der Waals surface area contributed by atoms with Crippen LogP contribution in [-0.2, 0) is 6.61 Å². The minimum Gasteiger partial charge on any atom is -0.496 e. The van der Waals surface area contributed by atoms with E-state index in [2.05, 4.69) is 15.9 Å². The lowest BCUT2D eigenvalue weighted by Gasteiger charge is -2.11. The SMILES string of the molecule is COc1cc(COc2cc(F)ccc2Br)ccc1C(=N)N. The topological polar surface area (TPSA) is 68.3 Å². The Balaban J connectivity index is 2.17. The molecule has 110 valence electrons. The summed E-state index contributed by atoms with van der Waals surface area (Å²) in [6.45, 7) is 0.247. The second-order valence-corrected chi connectivity index (χ2v) is 5.17. The largest absolute Gasteiger partial charge is 0.496 e. The van der Waals surface area contributed by atoms with Crippen LogP contribution >= 0.6 is 15.9 Å². The predicted molar refractivity (Wildman–Crippen MR) is 82.4 cm³/mol.